The van der Waals surface area contributed by atoms with Crippen LogP contribution in [0.15, 0.2) is 83.7 Å². The summed E-state index contributed by atoms with van der Waals surface area (Å²) in [5, 5.41) is 24.4. The Morgan fingerprint density at radius 1 is 0.983 bits per heavy atom. The Hall–Kier alpha value is -5.51. The molecule has 1 aliphatic rings. The molecule has 0 saturated carbocycles. The van der Waals surface area contributed by atoms with Crippen LogP contribution in [0.25, 0.3) is 11.0 Å². The van der Waals surface area contributed by atoms with E-state index in [1.165, 1.54) is 4.68 Å². The number of anilines is 1. The molecule has 15 nitrogen and oxygen atoms in total. The van der Waals surface area contributed by atoms with Crippen molar-refractivity contribution in [2.45, 2.75) is 83.6 Å². The monoisotopic (exact) mass is 823 g/mol. The van der Waals surface area contributed by atoms with Crippen molar-refractivity contribution in [1.29, 1.82) is 5.26 Å². The van der Waals surface area contributed by atoms with E-state index in [9.17, 15) is 15.3 Å². The van der Waals surface area contributed by atoms with Gasteiger partial charge in [-0.25, -0.2) is 9.35 Å². The predicted octanol–water partition coefficient (Wildman–Crippen LogP) is 6.76. The lowest BCUT2D eigenvalue weighted by molar-refractivity contribution is -0.0931. The Labute approximate surface area is 345 Å². The second kappa shape index (κ2) is 19.0. The number of benzene rings is 3. The van der Waals surface area contributed by atoms with E-state index in [1.807, 2.05) is 78.9 Å². The van der Waals surface area contributed by atoms with Crippen LogP contribution in [-0.2, 0) is 24.1 Å². The lowest BCUT2D eigenvalue weighted by atomic mass is 9.80. The Kier molecular flexibility index (Phi) is 13.9. The van der Waals surface area contributed by atoms with Crippen LogP contribution in [-0.4, -0.2) is 81.1 Å². The van der Waals surface area contributed by atoms with Crippen LogP contribution in [0.3, 0.4) is 0 Å². The van der Waals surface area contributed by atoms with Gasteiger partial charge in [0.1, 0.15) is 28.6 Å². The van der Waals surface area contributed by atoms with E-state index in [0.29, 0.717) is 11.5 Å². The van der Waals surface area contributed by atoms with E-state index in [0.717, 1.165) is 16.7 Å². The van der Waals surface area contributed by atoms with Gasteiger partial charge in [0.15, 0.2) is 17.6 Å². The van der Waals surface area contributed by atoms with Crippen LogP contribution < -0.4 is 20.8 Å². The maximum absolute atomic E-state index is 13.3. The average Bonchev–Trinajstić information content (AvgIpc) is 3.81. The molecule has 0 amide bonds. The van der Waals surface area contributed by atoms with Gasteiger partial charge in [0, 0.05) is 18.5 Å². The van der Waals surface area contributed by atoms with Crippen molar-refractivity contribution >= 4 is 25.5 Å². The number of fused-ring (bicyclic) bond motifs is 1. The number of nitrogens with two attached hydrogens (primary N) is 1. The molecule has 16 heteroatoms. The van der Waals surface area contributed by atoms with E-state index < -0.39 is 44.1 Å². The SMILES string of the molecule is CC#Cc1nn([C@H]2CC(OP(OCCC#N)N(C(C)C)C(C)C)[C@@H](COC(c3ccccc3)(c3ccc(OC)cc3)c3ccc(OC)cc3)O2)c2nc(N)n(O)c(=O)c12. The number of nitrogens with zero attached hydrogens (tertiary/aromatic N) is 6. The minimum absolute atomic E-state index is 0.00131. The minimum Gasteiger partial charge on any atom is -0.497 e. The normalized spacial score (nSPS) is 17.3. The lowest BCUT2D eigenvalue weighted by Crippen LogP contribution is -2.39. The first-order chi connectivity index (χ1) is 28.5. The molecule has 3 aromatic carbocycles. The van der Waals surface area contributed by atoms with E-state index in [4.69, 9.17) is 33.7 Å². The molecular weight excluding hydrogens is 773 g/mol. The Morgan fingerprint density at radius 2 is 1.58 bits per heavy atom. The van der Waals surface area contributed by atoms with Gasteiger partial charge in [0.25, 0.3) is 14.1 Å². The fourth-order valence-corrected chi connectivity index (χ4v) is 9.06. The van der Waals surface area contributed by atoms with Crippen molar-refractivity contribution in [3.05, 3.63) is 112 Å². The van der Waals surface area contributed by atoms with Crippen LogP contribution in [0.5, 0.6) is 11.5 Å². The molecule has 1 aliphatic heterocycles. The summed E-state index contributed by atoms with van der Waals surface area (Å²) in [6.45, 7) is 10.0. The lowest BCUT2D eigenvalue weighted by Gasteiger charge is -2.39. The molecule has 0 radical (unpaired) electrons. The number of nitriles is 1. The molecule has 6 rings (SSSR count). The van der Waals surface area contributed by atoms with E-state index in [-0.39, 0.29) is 59.6 Å². The standard InChI is InChI=1S/C43H50N7O8P/c1-8-13-35-39-40(46-42(45)49(52)41(39)51)48(47-35)38-26-36(58-59(56-25-12-24-44)50(28(2)3)29(4)5)37(57-38)27-55-43(30-14-10-9-11-15-30,31-16-20-33(53-6)21-17-31)32-18-22-34(54-7)23-19-32/h9-11,14-23,28-29,36-38,52H,12,25-27H2,1-7H3,(H2,45,46)/t36?,37-,38-,59?/m1/s1. The van der Waals surface area contributed by atoms with Crippen LogP contribution in [0.2, 0.25) is 0 Å². The molecule has 59 heavy (non-hydrogen) atoms. The molecule has 310 valence electrons. The number of ether oxygens (including phenoxy) is 4. The largest absolute Gasteiger partial charge is 0.497 e. The summed E-state index contributed by atoms with van der Waals surface area (Å²) in [6.07, 6.45) is -1.85. The fraction of sp³-hybridized carbons (Fsp3) is 0.395. The number of hydrogen-bond acceptors (Lipinski definition) is 13. The van der Waals surface area contributed by atoms with Crippen molar-refractivity contribution in [1.82, 2.24) is 24.2 Å². The smallest absolute Gasteiger partial charge is 0.300 e. The number of rotatable bonds is 17. The van der Waals surface area contributed by atoms with E-state index >= 15 is 0 Å². The third-order valence-electron chi connectivity index (χ3n) is 9.95. The van der Waals surface area contributed by atoms with Gasteiger partial charge < -0.3 is 38.9 Å². The first kappa shape index (κ1) is 43.1. The highest BCUT2D eigenvalue weighted by Crippen LogP contribution is 2.51. The van der Waals surface area contributed by atoms with Crippen molar-refractivity contribution in [3.8, 4) is 29.4 Å². The van der Waals surface area contributed by atoms with E-state index in [1.54, 1.807) is 21.1 Å². The molecule has 0 bridgehead atoms. The quantitative estimate of drug-likeness (QED) is 0.0331. The molecule has 4 atom stereocenters. The maximum atomic E-state index is 13.3. The van der Waals surface area contributed by atoms with Gasteiger partial charge in [-0.1, -0.05) is 60.5 Å². The highest BCUT2D eigenvalue weighted by molar-refractivity contribution is 7.44. The van der Waals surface area contributed by atoms with Crippen molar-refractivity contribution < 1.29 is 33.2 Å². The number of methoxy groups -OCH3 is 2. The van der Waals surface area contributed by atoms with Gasteiger partial charge in [0.2, 0.25) is 5.95 Å². The van der Waals surface area contributed by atoms with Crippen LogP contribution in [0.1, 0.15) is 76.1 Å². The molecule has 5 aromatic rings. The molecule has 3 N–H and O–H groups in total. The van der Waals surface area contributed by atoms with E-state index in [2.05, 4.69) is 60.4 Å². The van der Waals surface area contributed by atoms with Crippen molar-refractivity contribution in [2.24, 2.45) is 0 Å². The third kappa shape index (κ3) is 8.92. The average molecular weight is 824 g/mol. The molecule has 2 unspecified atom stereocenters. The van der Waals surface area contributed by atoms with Crippen LogP contribution >= 0.6 is 8.53 Å². The first-order valence-corrected chi connectivity index (χ1v) is 20.4. The Morgan fingerprint density at radius 3 is 2.12 bits per heavy atom. The van der Waals surface area contributed by atoms with Crippen molar-refractivity contribution in [2.75, 3.05) is 33.2 Å². The second-order valence-corrected chi connectivity index (χ2v) is 15.7. The zero-order chi connectivity index (χ0) is 42.3. The second-order valence-electron chi connectivity index (χ2n) is 14.3. The van der Waals surface area contributed by atoms with Gasteiger partial charge in [0.05, 0.1) is 46.0 Å². The maximum Gasteiger partial charge on any atom is 0.300 e. The summed E-state index contributed by atoms with van der Waals surface area (Å²) in [5.41, 5.74) is 6.72. The molecule has 0 spiro atoms. The van der Waals surface area contributed by atoms with Crippen molar-refractivity contribution in [3.63, 3.8) is 0 Å². The summed E-state index contributed by atoms with van der Waals surface area (Å²) in [7, 11) is 1.52. The molecule has 1 saturated heterocycles. The predicted molar refractivity (Wildman–Crippen MR) is 223 cm³/mol. The number of aromatic nitrogens is 4. The minimum atomic E-state index is -1.73. The number of nitrogen functional groups attached to an aromatic ring is 1. The fourth-order valence-electron chi connectivity index (χ4n) is 7.30. The van der Waals surface area contributed by atoms with Crippen LogP contribution in [0, 0.1) is 23.2 Å². The summed E-state index contributed by atoms with van der Waals surface area (Å²) >= 11 is 0. The summed E-state index contributed by atoms with van der Waals surface area (Å²) in [6, 6.07) is 27.6. The van der Waals surface area contributed by atoms with Gasteiger partial charge in [-0.15, -0.1) is 4.73 Å². The topological polar surface area (TPSA) is 181 Å². The van der Waals surface area contributed by atoms with Gasteiger partial charge in [-0.05, 0) is 81.5 Å². The highest BCUT2D eigenvalue weighted by Gasteiger charge is 2.45. The zero-order valence-corrected chi connectivity index (χ0v) is 35.1. The van der Waals surface area contributed by atoms with Gasteiger partial charge in [-0.3, -0.25) is 4.79 Å². The molecule has 3 heterocycles. The molecular formula is C43H50N7O8P. The van der Waals surface area contributed by atoms with Crippen LogP contribution in [0.4, 0.5) is 5.95 Å². The Balaban J connectivity index is 1.49. The number of hydrogen-bond donors (Lipinski definition) is 2. The Bertz CT molecular complexity index is 2300. The summed E-state index contributed by atoms with van der Waals surface area (Å²) in [5.74, 6) is 6.59. The molecule has 2 aromatic heterocycles. The molecule has 1 fully saturated rings. The third-order valence-corrected chi connectivity index (χ3v) is 12.1. The summed E-state index contributed by atoms with van der Waals surface area (Å²) < 4.78 is 42.5. The zero-order valence-electron chi connectivity index (χ0n) is 34.2. The summed E-state index contributed by atoms with van der Waals surface area (Å²) in [4.78, 5) is 17.6. The molecule has 0 aliphatic carbocycles. The van der Waals surface area contributed by atoms with Gasteiger partial charge >= 0.3 is 0 Å². The van der Waals surface area contributed by atoms with Gasteiger partial charge in [-0.2, -0.15) is 15.3 Å². The highest BCUT2D eigenvalue weighted by atomic mass is 31.2. The first-order valence-electron chi connectivity index (χ1n) is 19.3.